The topological polar surface area (TPSA) is 75.1 Å². The highest BCUT2D eigenvalue weighted by Crippen LogP contribution is 2.25. The Labute approximate surface area is 245 Å². The number of benzene rings is 3. The summed E-state index contributed by atoms with van der Waals surface area (Å²) in [6.45, 7) is 5.62. The number of aromatic nitrogens is 3. The van der Waals surface area contributed by atoms with E-state index in [0.717, 1.165) is 54.4 Å². The third kappa shape index (κ3) is 8.36. The van der Waals surface area contributed by atoms with Crippen molar-refractivity contribution >= 4 is 23.1 Å². The van der Waals surface area contributed by atoms with Gasteiger partial charge in [-0.3, -0.25) is 0 Å². The molecule has 2 aromatic heterocycles. The number of imidazole rings is 1. The number of thiazole rings is 1. The van der Waals surface area contributed by atoms with Crippen LogP contribution in [0.4, 0.5) is 10.5 Å². The third-order valence-electron chi connectivity index (χ3n) is 6.91. The first kappa shape index (κ1) is 28.3. The quantitative estimate of drug-likeness (QED) is 0.162. The van der Waals surface area contributed by atoms with E-state index in [4.69, 9.17) is 4.98 Å². The first-order valence-corrected chi connectivity index (χ1v) is 14.9. The van der Waals surface area contributed by atoms with Crippen molar-refractivity contribution in [2.24, 2.45) is 0 Å². The summed E-state index contributed by atoms with van der Waals surface area (Å²) in [7, 11) is 0. The van der Waals surface area contributed by atoms with E-state index in [1.165, 1.54) is 16.7 Å². The van der Waals surface area contributed by atoms with Gasteiger partial charge in [-0.25, -0.2) is 14.8 Å². The minimum Gasteiger partial charge on any atom is -0.337 e. The lowest BCUT2D eigenvalue weighted by atomic mass is 10.1. The zero-order valence-corrected chi connectivity index (χ0v) is 24.2. The molecule has 3 aromatic carbocycles. The van der Waals surface area contributed by atoms with Gasteiger partial charge >= 0.3 is 6.03 Å². The second kappa shape index (κ2) is 14.4. The van der Waals surface area contributed by atoms with Crippen molar-refractivity contribution in [1.82, 2.24) is 24.8 Å². The molecule has 0 aliphatic heterocycles. The van der Waals surface area contributed by atoms with Crippen molar-refractivity contribution in [3.8, 4) is 10.6 Å². The molecule has 0 bridgehead atoms. The lowest BCUT2D eigenvalue weighted by Crippen LogP contribution is -2.35. The molecule has 2 heterocycles. The normalized spacial score (nSPS) is 11.0. The molecule has 0 radical (unpaired) electrons. The van der Waals surface area contributed by atoms with Crippen LogP contribution in [0.15, 0.2) is 103 Å². The number of amides is 2. The van der Waals surface area contributed by atoms with Gasteiger partial charge < -0.3 is 20.1 Å². The minimum absolute atomic E-state index is 0.123. The lowest BCUT2D eigenvalue weighted by molar-refractivity contribution is 0.206. The molecular formula is C33H36N6OS. The maximum Gasteiger partial charge on any atom is 0.322 e. The molecule has 5 rings (SSSR count). The van der Waals surface area contributed by atoms with Crippen LogP contribution in [0.3, 0.4) is 0 Å². The van der Waals surface area contributed by atoms with Gasteiger partial charge in [0.25, 0.3) is 0 Å². The fourth-order valence-corrected chi connectivity index (χ4v) is 5.38. The number of nitrogens with one attached hydrogen (secondary N) is 2. The first-order chi connectivity index (χ1) is 20.2. The monoisotopic (exact) mass is 564 g/mol. The summed E-state index contributed by atoms with van der Waals surface area (Å²) in [6.07, 6.45) is 7.30. The van der Waals surface area contributed by atoms with Gasteiger partial charge in [-0.2, -0.15) is 0 Å². The van der Waals surface area contributed by atoms with E-state index in [9.17, 15) is 4.79 Å². The Bertz CT molecular complexity index is 1480. The molecule has 2 amide bonds. The SMILES string of the molecule is CCc1ccc(NC(=O)N(CCCn2ccnc2)Cc2csc(-c3ccc(CNCc4ccccc4)cc3)n2)cc1. The Morgan fingerprint density at radius 3 is 2.37 bits per heavy atom. The van der Waals surface area contributed by atoms with Crippen LogP contribution in [0, 0.1) is 0 Å². The zero-order valence-electron chi connectivity index (χ0n) is 23.4. The van der Waals surface area contributed by atoms with Crippen LogP contribution in [-0.2, 0) is 32.6 Å². The highest BCUT2D eigenvalue weighted by molar-refractivity contribution is 7.13. The Kier molecular flexibility index (Phi) is 9.92. The molecule has 5 aromatic rings. The highest BCUT2D eigenvalue weighted by Gasteiger charge is 2.16. The number of hydrogen-bond donors (Lipinski definition) is 2. The van der Waals surface area contributed by atoms with Gasteiger partial charge in [-0.1, -0.05) is 73.7 Å². The summed E-state index contributed by atoms with van der Waals surface area (Å²) < 4.78 is 2.03. The van der Waals surface area contributed by atoms with Gasteiger partial charge in [-0.05, 0) is 41.7 Å². The smallest absolute Gasteiger partial charge is 0.322 e. The van der Waals surface area contributed by atoms with Crippen LogP contribution < -0.4 is 10.6 Å². The van der Waals surface area contributed by atoms with Crippen molar-refractivity contribution in [3.63, 3.8) is 0 Å². The maximum atomic E-state index is 13.3. The first-order valence-electron chi connectivity index (χ1n) is 14.1. The summed E-state index contributed by atoms with van der Waals surface area (Å²) in [6, 6.07) is 26.9. The highest BCUT2D eigenvalue weighted by atomic mass is 32.1. The van der Waals surface area contributed by atoms with Crippen molar-refractivity contribution in [3.05, 3.63) is 125 Å². The summed E-state index contributed by atoms with van der Waals surface area (Å²) in [5, 5.41) is 9.58. The largest absolute Gasteiger partial charge is 0.337 e. The fraction of sp³-hybridized carbons (Fsp3) is 0.242. The number of anilines is 1. The molecule has 0 aliphatic rings. The summed E-state index contributed by atoms with van der Waals surface area (Å²) in [4.78, 5) is 24.2. The number of urea groups is 1. The van der Waals surface area contributed by atoms with E-state index in [2.05, 4.69) is 88.6 Å². The van der Waals surface area contributed by atoms with Crippen LogP contribution in [0.2, 0.25) is 0 Å². The Morgan fingerprint density at radius 1 is 0.927 bits per heavy atom. The molecule has 7 nitrogen and oxygen atoms in total. The van der Waals surface area contributed by atoms with E-state index in [-0.39, 0.29) is 6.03 Å². The van der Waals surface area contributed by atoms with Crippen molar-refractivity contribution in [2.45, 2.75) is 45.9 Å². The van der Waals surface area contributed by atoms with E-state index in [0.29, 0.717) is 13.1 Å². The number of carbonyl (C=O) groups is 1. The standard InChI is InChI=1S/C33H36N6OS/c1-2-26-11-15-30(16-12-26)37-33(40)39(19-6-18-38-20-17-34-25-38)23-31-24-41-32(36-31)29-13-9-28(10-14-29)22-35-21-27-7-4-3-5-8-27/h3-5,7-17,20,24-25,35H,2,6,18-19,21-23H2,1H3,(H,37,40). The molecular weight excluding hydrogens is 528 g/mol. The zero-order chi connectivity index (χ0) is 28.3. The summed E-state index contributed by atoms with van der Waals surface area (Å²) in [5.74, 6) is 0. The second-order valence-corrected chi connectivity index (χ2v) is 10.8. The number of nitrogens with zero attached hydrogens (tertiary/aromatic N) is 4. The van der Waals surface area contributed by atoms with E-state index in [1.807, 2.05) is 33.9 Å². The van der Waals surface area contributed by atoms with Gasteiger partial charge in [0.2, 0.25) is 0 Å². The van der Waals surface area contributed by atoms with E-state index in [1.54, 1.807) is 23.9 Å². The predicted octanol–water partition coefficient (Wildman–Crippen LogP) is 6.98. The average molecular weight is 565 g/mol. The molecule has 8 heteroatoms. The van der Waals surface area contributed by atoms with Gasteiger partial charge in [-0.15, -0.1) is 11.3 Å². The number of rotatable bonds is 13. The molecule has 0 spiro atoms. The molecule has 2 N–H and O–H groups in total. The van der Waals surface area contributed by atoms with Gasteiger partial charge in [0.05, 0.1) is 18.6 Å². The van der Waals surface area contributed by atoms with E-state index >= 15 is 0 Å². The van der Waals surface area contributed by atoms with Gasteiger partial charge in [0, 0.05) is 55.2 Å². The molecule has 41 heavy (non-hydrogen) atoms. The molecule has 0 saturated carbocycles. The van der Waals surface area contributed by atoms with Gasteiger partial charge in [0.1, 0.15) is 5.01 Å². The maximum absolute atomic E-state index is 13.3. The van der Waals surface area contributed by atoms with E-state index < -0.39 is 0 Å². The van der Waals surface area contributed by atoms with Crippen molar-refractivity contribution in [2.75, 3.05) is 11.9 Å². The van der Waals surface area contributed by atoms with Crippen LogP contribution in [-0.4, -0.2) is 32.0 Å². The second-order valence-electron chi connectivity index (χ2n) is 9.99. The molecule has 0 saturated heterocycles. The number of carbonyl (C=O) groups excluding carboxylic acids is 1. The average Bonchev–Trinajstić information content (AvgIpc) is 3.71. The van der Waals surface area contributed by atoms with Crippen LogP contribution >= 0.6 is 11.3 Å². The number of hydrogen-bond acceptors (Lipinski definition) is 5. The Morgan fingerprint density at radius 2 is 1.66 bits per heavy atom. The number of aryl methyl sites for hydroxylation is 2. The molecule has 0 fully saturated rings. The predicted molar refractivity (Wildman–Crippen MR) is 167 cm³/mol. The third-order valence-corrected chi connectivity index (χ3v) is 7.85. The summed E-state index contributed by atoms with van der Waals surface area (Å²) >= 11 is 1.61. The van der Waals surface area contributed by atoms with Crippen molar-refractivity contribution in [1.29, 1.82) is 0 Å². The molecule has 0 aliphatic carbocycles. The Balaban J connectivity index is 1.20. The molecule has 0 unspecified atom stereocenters. The van der Waals surface area contributed by atoms with Crippen LogP contribution in [0.5, 0.6) is 0 Å². The van der Waals surface area contributed by atoms with Crippen LogP contribution in [0.25, 0.3) is 10.6 Å². The van der Waals surface area contributed by atoms with Crippen molar-refractivity contribution < 1.29 is 4.79 Å². The minimum atomic E-state index is -0.123. The molecule has 0 atom stereocenters. The van der Waals surface area contributed by atoms with Crippen LogP contribution in [0.1, 0.15) is 35.7 Å². The summed E-state index contributed by atoms with van der Waals surface area (Å²) in [5.41, 5.74) is 6.51. The lowest BCUT2D eigenvalue weighted by Gasteiger charge is -2.22. The fourth-order valence-electron chi connectivity index (χ4n) is 4.56. The Hall–Kier alpha value is -4.27. The van der Waals surface area contributed by atoms with Gasteiger partial charge in [0.15, 0.2) is 0 Å². The molecule has 210 valence electrons.